The van der Waals surface area contributed by atoms with Crippen LogP contribution in [0.4, 0.5) is 0 Å². The maximum Gasteiger partial charge on any atom is 0.348 e. The number of carbonyl (C=O) groups excluding carboxylic acids is 1. The maximum absolute atomic E-state index is 11.8. The average molecular weight is 399 g/mol. The first-order valence-electron chi connectivity index (χ1n) is 9.37. The first-order chi connectivity index (χ1) is 14.7. The molecule has 0 amide bonds. The lowest BCUT2D eigenvalue weighted by molar-refractivity contribution is -0.135. The molecule has 0 radical (unpaired) electrons. The molecule has 0 bridgehead atoms. The van der Waals surface area contributed by atoms with Crippen LogP contribution in [-0.4, -0.2) is 13.1 Å². The number of esters is 1. The highest BCUT2D eigenvalue weighted by molar-refractivity contribution is 5.98. The lowest BCUT2D eigenvalue weighted by Crippen LogP contribution is -2.03. The van der Waals surface area contributed by atoms with Crippen LogP contribution in [-0.2, 0) is 22.7 Å². The van der Waals surface area contributed by atoms with E-state index in [-0.39, 0.29) is 5.57 Å². The van der Waals surface area contributed by atoms with E-state index in [4.69, 9.17) is 9.47 Å². The number of ether oxygens (including phenoxy) is 3. The van der Waals surface area contributed by atoms with Crippen molar-refractivity contribution in [3.05, 3.63) is 101 Å². The summed E-state index contributed by atoms with van der Waals surface area (Å²) >= 11 is 0. The quantitative estimate of drug-likeness (QED) is 0.305. The topological polar surface area (TPSA) is 68.6 Å². The van der Waals surface area contributed by atoms with Crippen molar-refractivity contribution in [3.8, 4) is 17.6 Å². The molecule has 150 valence electrons. The van der Waals surface area contributed by atoms with Crippen molar-refractivity contribution in [2.75, 3.05) is 7.11 Å². The molecule has 3 aromatic carbocycles. The van der Waals surface area contributed by atoms with Gasteiger partial charge in [0.1, 0.15) is 36.4 Å². The van der Waals surface area contributed by atoms with Crippen LogP contribution in [0.3, 0.4) is 0 Å². The van der Waals surface area contributed by atoms with E-state index in [1.807, 2.05) is 66.7 Å². The van der Waals surface area contributed by atoms with Crippen LogP contribution in [0.2, 0.25) is 0 Å². The summed E-state index contributed by atoms with van der Waals surface area (Å²) in [5.41, 5.74) is 2.52. The summed E-state index contributed by atoms with van der Waals surface area (Å²) < 4.78 is 16.5. The van der Waals surface area contributed by atoms with Crippen LogP contribution in [0.25, 0.3) is 6.08 Å². The second kappa shape index (κ2) is 10.5. The van der Waals surface area contributed by atoms with E-state index >= 15 is 0 Å². The minimum atomic E-state index is -0.698. The van der Waals surface area contributed by atoms with E-state index in [2.05, 4.69) is 4.74 Å². The molecule has 0 aliphatic carbocycles. The molecular weight excluding hydrogens is 378 g/mol. The first kappa shape index (κ1) is 20.7. The van der Waals surface area contributed by atoms with Crippen molar-refractivity contribution >= 4 is 12.0 Å². The summed E-state index contributed by atoms with van der Waals surface area (Å²) in [5, 5.41) is 9.27. The van der Waals surface area contributed by atoms with E-state index in [0.717, 1.165) is 11.1 Å². The van der Waals surface area contributed by atoms with Gasteiger partial charge in [0, 0.05) is 11.6 Å². The van der Waals surface area contributed by atoms with Gasteiger partial charge in [-0.2, -0.15) is 5.26 Å². The molecule has 0 N–H and O–H groups in total. The predicted molar refractivity (Wildman–Crippen MR) is 114 cm³/mol. The third kappa shape index (κ3) is 5.73. The monoisotopic (exact) mass is 399 g/mol. The molecule has 3 rings (SSSR count). The second-order valence-electron chi connectivity index (χ2n) is 6.41. The average Bonchev–Trinajstić information content (AvgIpc) is 2.81. The lowest BCUT2D eigenvalue weighted by Gasteiger charge is -2.13. The van der Waals surface area contributed by atoms with Crippen LogP contribution in [0.1, 0.15) is 16.7 Å². The molecule has 3 aromatic rings. The zero-order chi connectivity index (χ0) is 21.2. The highest BCUT2D eigenvalue weighted by Gasteiger charge is 2.12. The van der Waals surface area contributed by atoms with E-state index in [1.165, 1.54) is 13.2 Å². The summed E-state index contributed by atoms with van der Waals surface area (Å²) in [7, 11) is 1.24. The largest absolute Gasteiger partial charge is 0.489 e. The van der Waals surface area contributed by atoms with Crippen LogP contribution in [0, 0.1) is 11.3 Å². The Hall–Kier alpha value is -4.04. The van der Waals surface area contributed by atoms with Crippen LogP contribution in [0.5, 0.6) is 11.5 Å². The van der Waals surface area contributed by atoms with Crippen LogP contribution >= 0.6 is 0 Å². The fourth-order valence-electron chi connectivity index (χ4n) is 2.73. The highest BCUT2D eigenvalue weighted by Crippen LogP contribution is 2.28. The van der Waals surface area contributed by atoms with Crippen molar-refractivity contribution < 1.29 is 19.0 Å². The number of hydrogen-bond acceptors (Lipinski definition) is 5. The molecule has 0 heterocycles. The molecule has 0 aliphatic heterocycles. The summed E-state index contributed by atoms with van der Waals surface area (Å²) in [6.07, 6.45) is 1.45. The van der Waals surface area contributed by atoms with Gasteiger partial charge in [-0.3, -0.25) is 0 Å². The fraction of sp³-hybridized carbons (Fsp3) is 0.120. The number of benzene rings is 3. The maximum atomic E-state index is 11.8. The summed E-state index contributed by atoms with van der Waals surface area (Å²) in [4.78, 5) is 11.8. The highest BCUT2D eigenvalue weighted by atomic mass is 16.5. The van der Waals surface area contributed by atoms with Gasteiger partial charge in [-0.15, -0.1) is 0 Å². The van der Waals surface area contributed by atoms with Gasteiger partial charge in [0.2, 0.25) is 0 Å². The standard InChI is InChI=1S/C25H21NO4/c1-28-25(27)22(16-26)14-21-12-13-23(29-17-19-8-4-2-5-9-19)15-24(21)30-18-20-10-6-3-7-11-20/h2-15H,17-18H2,1H3/b22-14+. The number of carbonyl (C=O) groups is 1. The number of rotatable bonds is 8. The van der Waals surface area contributed by atoms with Crippen molar-refractivity contribution in [3.63, 3.8) is 0 Å². The van der Waals surface area contributed by atoms with Crippen LogP contribution in [0.15, 0.2) is 84.4 Å². The van der Waals surface area contributed by atoms with E-state index < -0.39 is 5.97 Å². The molecule has 0 aromatic heterocycles. The number of nitrogens with zero attached hydrogens (tertiary/aromatic N) is 1. The smallest absolute Gasteiger partial charge is 0.348 e. The third-order valence-electron chi connectivity index (χ3n) is 4.30. The van der Waals surface area contributed by atoms with Gasteiger partial charge < -0.3 is 14.2 Å². The normalized spacial score (nSPS) is 10.7. The second-order valence-corrected chi connectivity index (χ2v) is 6.41. The van der Waals surface area contributed by atoms with E-state index in [9.17, 15) is 10.1 Å². The Morgan fingerprint density at radius 1 is 0.900 bits per heavy atom. The van der Waals surface area contributed by atoms with Gasteiger partial charge >= 0.3 is 5.97 Å². The SMILES string of the molecule is COC(=O)/C(C#N)=C/c1ccc(OCc2ccccc2)cc1OCc1ccccc1. The fourth-order valence-corrected chi connectivity index (χ4v) is 2.73. The van der Waals surface area contributed by atoms with Gasteiger partial charge in [-0.1, -0.05) is 60.7 Å². The molecule has 0 spiro atoms. The molecular formula is C25H21NO4. The predicted octanol–water partition coefficient (Wildman–Crippen LogP) is 4.92. The minimum Gasteiger partial charge on any atom is -0.489 e. The molecule has 0 aliphatic rings. The Morgan fingerprint density at radius 2 is 1.50 bits per heavy atom. The molecule has 0 saturated carbocycles. The van der Waals surface area contributed by atoms with Gasteiger partial charge in [-0.05, 0) is 29.3 Å². The van der Waals surface area contributed by atoms with Gasteiger partial charge in [-0.25, -0.2) is 4.79 Å². The Kier molecular flexibility index (Phi) is 7.23. The molecule has 0 fully saturated rings. The van der Waals surface area contributed by atoms with E-state index in [0.29, 0.717) is 30.3 Å². The minimum absolute atomic E-state index is 0.111. The summed E-state index contributed by atoms with van der Waals surface area (Å²) in [6.45, 7) is 0.754. The van der Waals surface area contributed by atoms with Crippen molar-refractivity contribution in [2.45, 2.75) is 13.2 Å². The molecule has 30 heavy (non-hydrogen) atoms. The summed E-state index contributed by atoms with van der Waals surface area (Å²) in [5.74, 6) is 0.424. The van der Waals surface area contributed by atoms with Crippen molar-refractivity contribution in [1.29, 1.82) is 5.26 Å². The Balaban J connectivity index is 1.85. The number of hydrogen-bond donors (Lipinski definition) is 0. The Morgan fingerprint density at radius 3 is 2.07 bits per heavy atom. The first-order valence-corrected chi connectivity index (χ1v) is 9.37. The molecule has 5 nitrogen and oxygen atoms in total. The van der Waals surface area contributed by atoms with E-state index in [1.54, 1.807) is 18.2 Å². The third-order valence-corrected chi connectivity index (χ3v) is 4.30. The number of methoxy groups -OCH3 is 1. The van der Waals surface area contributed by atoms with Gasteiger partial charge in [0.15, 0.2) is 0 Å². The Labute approximate surface area is 175 Å². The Bertz CT molecular complexity index is 1050. The molecule has 0 unspecified atom stereocenters. The van der Waals surface area contributed by atoms with Crippen LogP contribution < -0.4 is 9.47 Å². The number of nitriles is 1. The molecule has 0 saturated heterocycles. The zero-order valence-electron chi connectivity index (χ0n) is 16.6. The van der Waals surface area contributed by atoms with Crippen molar-refractivity contribution in [1.82, 2.24) is 0 Å². The zero-order valence-corrected chi connectivity index (χ0v) is 16.6. The molecule has 5 heteroatoms. The van der Waals surface area contributed by atoms with Crippen molar-refractivity contribution in [2.24, 2.45) is 0 Å². The summed E-state index contributed by atoms with van der Waals surface area (Å²) in [6, 6.07) is 26.7. The van der Waals surface area contributed by atoms with Gasteiger partial charge in [0.25, 0.3) is 0 Å². The van der Waals surface area contributed by atoms with Gasteiger partial charge in [0.05, 0.1) is 7.11 Å². The lowest BCUT2D eigenvalue weighted by atomic mass is 10.1. The molecule has 0 atom stereocenters.